The minimum Gasteiger partial charge on any atom is -0.475 e. The van der Waals surface area contributed by atoms with E-state index in [1.165, 1.54) is 7.11 Å². The minimum absolute atomic E-state index is 0.122. The maximum atomic E-state index is 12.9. The highest BCUT2D eigenvalue weighted by molar-refractivity contribution is 6.58. The van der Waals surface area contributed by atoms with Gasteiger partial charge in [0.25, 0.3) is 0 Å². The Morgan fingerprint density at radius 3 is 2.80 bits per heavy atom. The lowest BCUT2D eigenvalue weighted by atomic mass is 9.80. The minimum atomic E-state index is -1.88. The van der Waals surface area contributed by atoms with Gasteiger partial charge in [-0.3, -0.25) is 0 Å². The molecule has 5 nitrogen and oxygen atoms in total. The Labute approximate surface area is 86.6 Å². The van der Waals surface area contributed by atoms with Gasteiger partial charge in [-0.15, -0.1) is 0 Å². The number of hydrogen-bond donors (Lipinski definition) is 2. The third kappa shape index (κ3) is 3.47. The Morgan fingerprint density at radius 2 is 2.20 bits per heavy atom. The molecular formula is C8H11BFNO4. The summed E-state index contributed by atoms with van der Waals surface area (Å²) in [5, 5.41) is 17.6. The van der Waals surface area contributed by atoms with E-state index < -0.39 is 12.9 Å². The molecule has 82 valence electrons. The monoisotopic (exact) mass is 215 g/mol. The van der Waals surface area contributed by atoms with Crippen LogP contribution in [-0.2, 0) is 4.74 Å². The number of methoxy groups -OCH3 is 1. The van der Waals surface area contributed by atoms with Gasteiger partial charge in [-0.1, -0.05) is 0 Å². The van der Waals surface area contributed by atoms with Crippen molar-refractivity contribution >= 4 is 12.6 Å². The summed E-state index contributed by atoms with van der Waals surface area (Å²) >= 11 is 0. The first-order chi connectivity index (χ1) is 7.15. The summed E-state index contributed by atoms with van der Waals surface area (Å²) in [5.74, 6) is -0.666. The fraction of sp³-hybridized carbons (Fsp3) is 0.375. The molecule has 0 aromatic carbocycles. The van der Waals surface area contributed by atoms with Crippen LogP contribution in [0.25, 0.3) is 0 Å². The zero-order valence-electron chi connectivity index (χ0n) is 8.18. The highest BCUT2D eigenvalue weighted by Crippen LogP contribution is 2.04. The molecule has 0 aliphatic heterocycles. The summed E-state index contributed by atoms with van der Waals surface area (Å²) in [6, 6.07) is 1.13. The second-order valence-corrected chi connectivity index (χ2v) is 2.76. The van der Waals surface area contributed by atoms with Gasteiger partial charge < -0.3 is 19.5 Å². The van der Waals surface area contributed by atoms with Crippen molar-refractivity contribution in [1.29, 1.82) is 0 Å². The van der Waals surface area contributed by atoms with E-state index >= 15 is 0 Å². The van der Waals surface area contributed by atoms with Crippen LogP contribution in [0.3, 0.4) is 0 Å². The van der Waals surface area contributed by atoms with Gasteiger partial charge in [0.15, 0.2) is 0 Å². The molecule has 0 radical (unpaired) electrons. The summed E-state index contributed by atoms with van der Waals surface area (Å²) in [6.07, 6.45) is 0.872. The van der Waals surface area contributed by atoms with Crippen LogP contribution in [0.2, 0.25) is 0 Å². The maximum Gasteiger partial charge on any atom is 0.491 e. The van der Waals surface area contributed by atoms with E-state index in [0.29, 0.717) is 6.61 Å². The summed E-state index contributed by atoms with van der Waals surface area (Å²) in [4.78, 5) is 3.62. The van der Waals surface area contributed by atoms with Gasteiger partial charge in [0.05, 0.1) is 12.8 Å². The van der Waals surface area contributed by atoms with Crippen LogP contribution in [0.1, 0.15) is 0 Å². The molecule has 0 atom stereocenters. The largest absolute Gasteiger partial charge is 0.491 e. The maximum absolute atomic E-state index is 12.9. The number of ether oxygens (including phenoxy) is 2. The molecule has 0 fully saturated rings. The first-order valence-electron chi connectivity index (χ1n) is 4.28. The topological polar surface area (TPSA) is 71.8 Å². The Balaban J connectivity index is 2.70. The van der Waals surface area contributed by atoms with Crippen LogP contribution in [0.4, 0.5) is 4.39 Å². The fourth-order valence-corrected chi connectivity index (χ4v) is 0.940. The van der Waals surface area contributed by atoms with Crippen molar-refractivity contribution in [2.24, 2.45) is 0 Å². The van der Waals surface area contributed by atoms with E-state index in [0.717, 1.165) is 12.3 Å². The van der Waals surface area contributed by atoms with Crippen LogP contribution in [-0.4, -0.2) is 42.5 Å². The number of aromatic nitrogens is 1. The fourth-order valence-electron chi connectivity index (χ4n) is 0.940. The number of hydrogen-bond acceptors (Lipinski definition) is 5. The van der Waals surface area contributed by atoms with Gasteiger partial charge >= 0.3 is 7.12 Å². The van der Waals surface area contributed by atoms with Gasteiger partial charge in [0.2, 0.25) is 5.88 Å². The van der Waals surface area contributed by atoms with E-state index in [9.17, 15) is 4.39 Å². The predicted molar refractivity (Wildman–Crippen MR) is 51.4 cm³/mol. The normalized spacial score (nSPS) is 10.1. The zero-order chi connectivity index (χ0) is 11.3. The number of rotatable bonds is 5. The van der Waals surface area contributed by atoms with Crippen molar-refractivity contribution in [3.63, 3.8) is 0 Å². The average Bonchev–Trinajstić information content (AvgIpc) is 2.20. The molecule has 1 aromatic rings. The molecule has 0 aliphatic rings. The first-order valence-corrected chi connectivity index (χ1v) is 4.28. The summed E-state index contributed by atoms with van der Waals surface area (Å²) < 4.78 is 22.8. The van der Waals surface area contributed by atoms with Crippen molar-refractivity contribution in [3.05, 3.63) is 18.1 Å². The Bertz CT molecular complexity index is 324. The van der Waals surface area contributed by atoms with Gasteiger partial charge in [-0.25, -0.2) is 9.37 Å². The van der Waals surface area contributed by atoms with Gasteiger partial charge in [-0.05, 0) is 0 Å². The van der Waals surface area contributed by atoms with Gasteiger partial charge in [0.1, 0.15) is 12.4 Å². The molecule has 15 heavy (non-hydrogen) atoms. The molecule has 0 amide bonds. The number of pyridine rings is 1. The van der Waals surface area contributed by atoms with E-state index in [1.807, 2.05) is 0 Å². The summed E-state index contributed by atoms with van der Waals surface area (Å²) in [6.45, 7) is 0.631. The van der Waals surface area contributed by atoms with Gasteiger partial charge in [-0.2, -0.15) is 0 Å². The Kier molecular flexibility index (Phi) is 4.48. The Hall–Kier alpha value is -1.18. The quantitative estimate of drug-likeness (QED) is 0.483. The molecule has 0 bridgehead atoms. The van der Waals surface area contributed by atoms with Crippen molar-refractivity contribution in [2.45, 2.75) is 0 Å². The summed E-state index contributed by atoms with van der Waals surface area (Å²) in [5.41, 5.74) is -0.266. The van der Waals surface area contributed by atoms with Crippen LogP contribution >= 0.6 is 0 Å². The molecular weight excluding hydrogens is 204 g/mol. The molecule has 2 N–H and O–H groups in total. The van der Waals surface area contributed by atoms with Gasteiger partial charge in [0, 0.05) is 18.6 Å². The summed E-state index contributed by atoms with van der Waals surface area (Å²) in [7, 11) is -0.359. The van der Waals surface area contributed by atoms with Crippen LogP contribution in [0.15, 0.2) is 12.3 Å². The SMILES string of the molecule is COCCOc1cc(B(O)O)c(F)cn1. The second-order valence-electron chi connectivity index (χ2n) is 2.76. The highest BCUT2D eigenvalue weighted by Gasteiger charge is 2.17. The molecule has 0 unspecified atom stereocenters. The van der Waals surface area contributed by atoms with Crippen LogP contribution < -0.4 is 10.2 Å². The lowest BCUT2D eigenvalue weighted by Gasteiger charge is -2.06. The van der Waals surface area contributed by atoms with Crippen molar-refractivity contribution in [1.82, 2.24) is 4.98 Å². The first kappa shape index (κ1) is 11.9. The average molecular weight is 215 g/mol. The van der Waals surface area contributed by atoms with E-state index in [4.69, 9.17) is 19.5 Å². The van der Waals surface area contributed by atoms with Crippen LogP contribution in [0.5, 0.6) is 5.88 Å². The molecule has 7 heteroatoms. The molecule has 1 heterocycles. The second kappa shape index (κ2) is 5.64. The Morgan fingerprint density at radius 1 is 1.47 bits per heavy atom. The third-order valence-corrected chi connectivity index (χ3v) is 1.68. The molecule has 0 saturated carbocycles. The van der Waals surface area contributed by atoms with E-state index in [1.54, 1.807) is 0 Å². The van der Waals surface area contributed by atoms with E-state index in [-0.39, 0.29) is 17.9 Å². The lowest BCUT2D eigenvalue weighted by molar-refractivity contribution is 0.143. The van der Waals surface area contributed by atoms with Crippen molar-refractivity contribution in [3.8, 4) is 5.88 Å². The van der Waals surface area contributed by atoms with Crippen molar-refractivity contribution < 1.29 is 23.9 Å². The molecule has 0 saturated heterocycles. The number of halogens is 1. The molecule has 0 spiro atoms. The molecule has 0 aliphatic carbocycles. The van der Waals surface area contributed by atoms with Crippen molar-refractivity contribution in [2.75, 3.05) is 20.3 Å². The highest BCUT2D eigenvalue weighted by atomic mass is 19.1. The molecule has 1 rings (SSSR count). The standard InChI is InChI=1S/C8H11BFNO4/c1-14-2-3-15-8-4-6(9(12)13)7(10)5-11-8/h4-5,12-13H,2-3H2,1H3. The van der Waals surface area contributed by atoms with E-state index in [2.05, 4.69) is 4.98 Å². The third-order valence-electron chi connectivity index (χ3n) is 1.68. The molecule has 1 aromatic heterocycles. The smallest absolute Gasteiger partial charge is 0.475 e. The van der Waals surface area contributed by atoms with Crippen LogP contribution in [0, 0.1) is 5.82 Å². The predicted octanol–water partition coefficient (Wildman–Crippen LogP) is -1.07. The lowest BCUT2D eigenvalue weighted by Crippen LogP contribution is -2.33. The number of nitrogens with zero attached hydrogens (tertiary/aromatic N) is 1. The zero-order valence-corrected chi connectivity index (χ0v) is 8.18.